The Hall–Kier alpha value is -2.53. The number of tetrazole rings is 1. The highest BCUT2D eigenvalue weighted by atomic mass is 15.5. The smallest absolute Gasteiger partial charge is 0.170 e. The van der Waals surface area contributed by atoms with E-state index < -0.39 is 0 Å². The highest BCUT2D eigenvalue weighted by molar-refractivity contribution is 5.66. The summed E-state index contributed by atoms with van der Waals surface area (Å²) in [5.41, 5.74) is 4.58. The molecular formula is C17H19N5. The lowest BCUT2D eigenvalue weighted by molar-refractivity contribution is 0.385. The Morgan fingerprint density at radius 2 is 1.77 bits per heavy atom. The van der Waals surface area contributed by atoms with E-state index in [1.54, 1.807) is 4.68 Å². The van der Waals surface area contributed by atoms with Gasteiger partial charge in [0.2, 0.25) is 0 Å². The largest absolute Gasteiger partial charge is 0.302 e. The fourth-order valence-electron chi connectivity index (χ4n) is 2.35. The molecule has 0 N–H and O–H groups in total. The van der Waals surface area contributed by atoms with Crippen LogP contribution in [0.15, 0.2) is 48.5 Å². The second-order valence-electron chi connectivity index (χ2n) is 5.66. The van der Waals surface area contributed by atoms with Crippen LogP contribution in [0.2, 0.25) is 0 Å². The zero-order valence-electron chi connectivity index (χ0n) is 13.1. The van der Waals surface area contributed by atoms with E-state index >= 15 is 0 Å². The maximum absolute atomic E-state index is 4.12. The molecule has 3 rings (SSSR count). The number of hydrogen-bond acceptors (Lipinski definition) is 4. The first-order valence-corrected chi connectivity index (χ1v) is 7.23. The molecule has 5 nitrogen and oxygen atoms in total. The van der Waals surface area contributed by atoms with Gasteiger partial charge in [-0.3, -0.25) is 0 Å². The molecule has 0 fully saturated rings. The molecule has 5 heteroatoms. The topological polar surface area (TPSA) is 46.8 Å². The maximum atomic E-state index is 4.12. The summed E-state index contributed by atoms with van der Waals surface area (Å²) in [5.74, 6) is 0.825. The minimum absolute atomic E-state index is 0.696. The minimum Gasteiger partial charge on any atom is -0.302 e. The summed E-state index contributed by atoms with van der Waals surface area (Å²) >= 11 is 0. The van der Waals surface area contributed by atoms with Crippen molar-refractivity contribution < 1.29 is 0 Å². The number of rotatable bonds is 4. The van der Waals surface area contributed by atoms with Crippen LogP contribution in [0.1, 0.15) is 11.4 Å². The van der Waals surface area contributed by atoms with Crippen molar-refractivity contribution in [2.24, 2.45) is 0 Å². The zero-order valence-corrected chi connectivity index (χ0v) is 13.1. The molecular weight excluding hydrogens is 274 g/mol. The summed E-state index contributed by atoms with van der Waals surface area (Å²) in [6, 6.07) is 16.8. The van der Waals surface area contributed by atoms with E-state index in [1.807, 2.05) is 31.1 Å². The van der Waals surface area contributed by atoms with E-state index in [2.05, 4.69) is 58.8 Å². The van der Waals surface area contributed by atoms with Crippen molar-refractivity contribution in [3.63, 3.8) is 0 Å². The van der Waals surface area contributed by atoms with Gasteiger partial charge in [-0.15, -0.1) is 5.10 Å². The van der Waals surface area contributed by atoms with Gasteiger partial charge in [-0.05, 0) is 54.7 Å². The van der Waals surface area contributed by atoms with E-state index in [9.17, 15) is 0 Å². The van der Waals surface area contributed by atoms with Crippen molar-refractivity contribution in [2.75, 3.05) is 14.1 Å². The average molecular weight is 293 g/mol. The predicted molar refractivity (Wildman–Crippen MR) is 86.7 cm³/mol. The third-order valence-corrected chi connectivity index (χ3v) is 3.47. The van der Waals surface area contributed by atoms with Gasteiger partial charge < -0.3 is 4.90 Å². The Bertz CT molecular complexity index is 759. The number of hydrogen-bond donors (Lipinski definition) is 0. The van der Waals surface area contributed by atoms with Crippen LogP contribution < -0.4 is 0 Å². The van der Waals surface area contributed by atoms with Gasteiger partial charge in [0.15, 0.2) is 5.82 Å². The molecule has 0 aliphatic heterocycles. The van der Waals surface area contributed by atoms with Crippen molar-refractivity contribution >= 4 is 0 Å². The van der Waals surface area contributed by atoms with Crippen LogP contribution in [0.3, 0.4) is 0 Å². The van der Waals surface area contributed by atoms with E-state index in [0.29, 0.717) is 6.54 Å². The van der Waals surface area contributed by atoms with Crippen LogP contribution >= 0.6 is 0 Å². The summed E-state index contributed by atoms with van der Waals surface area (Å²) in [6.07, 6.45) is 0. The third kappa shape index (κ3) is 3.04. The van der Waals surface area contributed by atoms with Crippen molar-refractivity contribution in [3.8, 4) is 16.8 Å². The first kappa shape index (κ1) is 14.4. The van der Waals surface area contributed by atoms with Crippen LogP contribution in [-0.4, -0.2) is 39.2 Å². The second-order valence-corrected chi connectivity index (χ2v) is 5.66. The van der Waals surface area contributed by atoms with E-state index in [1.165, 1.54) is 11.1 Å². The maximum Gasteiger partial charge on any atom is 0.170 e. The van der Waals surface area contributed by atoms with Gasteiger partial charge in [0.05, 0.1) is 12.2 Å². The normalized spacial score (nSPS) is 11.1. The third-order valence-electron chi connectivity index (χ3n) is 3.47. The lowest BCUT2D eigenvalue weighted by atomic mass is 10.0. The molecule has 112 valence electrons. The molecule has 0 atom stereocenters. The number of aryl methyl sites for hydroxylation is 1. The molecule has 0 radical (unpaired) electrons. The van der Waals surface area contributed by atoms with E-state index in [-0.39, 0.29) is 0 Å². The van der Waals surface area contributed by atoms with Gasteiger partial charge in [-0.25, -0.2) is 0 Å². The Kier molecular flexibility index (Phi) is 3.98. The first-order valence-electron chi connectivity index (χ1n) is 7.23. The van der Waals surface area contributed by atoms with Crippen molar-refractivity contribution in [1.82, 2.24) is 25.1 Å². The molecule has 1 aromatic heterocycles. The predicted octanol–water partition coefficient (Wildman–Crippen LogP) is 2.70. The fraction of sp³-hybridized carbons (Fsp3) is 0.235. The van der Waals surface area contributed by atoms with Crippen molar-refractivity contribution in [3.05, 3.63) is 59.9 Å². The average Bonchev–Trinajstić information content (AvgIpc) is 2.95. The van der Waals surface area contributed by atoms with E-state index in [4.69, 9.17) is 0 Å². The molecule has 0 saturated carbocycles. The monoisotopic (exact) mass is 293 g/mol. The highest BCUT2D eigenvalue weighted by Gasteiger charge is 2.10. The molecule has 0 saturated heterocycles. The molecule has 0 spiro atoms. The van der Waals surface area contributed by atoms with Gasteiger partial charge in [0, 0.05) is 0 Å². The summed E-state index contributed by atoms with van der Waals surface area (Å²) in [6.45, 7) is 2.79. The molecule has 22 heavy (non-hydrogen) atoms. The number of nitrogens with zero attached hydrogens (tertiary/aromatic N) is 5. The van der Waals surface area contributed by atoms with Crippen LogP contribution in [0.4, 0.5) is 0 Å². The Balaban J connectivity index is 1.98. The summed E-state index contributed by atoms with van der Waals surface area (Å²) in [4.78, 5) is 2.05. The van der Waals surface area contributed by atoms with Gasteiger partial charge in [0.25, 0.3) is 0 Å². The standard InChI is InChI=1S/C17H19N5/c1-13-7-9-14(10-8-13)15-5-4-6-16(11-15)22-17(12-21(2)3)18-19-20-22/h4-11H,12H2,1-3H3. The minimum atomic E-state index is 0.696. The Morgan fingerprint density at radius 1 is 1.00 bits per heavy atom. The molecule has 0 unspecified atom stereocenters. The SMILES string of the molecule is Cc1ccc(-c2cccc(-n3nnnc3CN(C)C)c2)cc1. The molecule has 0 aliphatic carbocycles. The highest BCUT2D eigenvalue weighted by Crippen LogP contribution is 2.22. The van der Waals surface area contributed by atoms with Crippen LogP contribution in [0.25, 0.3) is 16.8 Å². The Morgan fingerprint density at radius 3 is 2.50 bits per heavy atom. The van der Waals surface area contributed by atoms with Gasteiger partial charge in [0.1, 0.15) is 0 Å². The molecule has 3 aromatic rings. The van der Waals surface area contributed by atoms with Crippen LogP contribution in [0, 0.1) is 6.92 Å². The molecule has 0 aliphatic rings. The molecule has 1 heterocycles. The van der Waals surface area contributed by atoms with Crippen molar-refractivity contribution in [2.45, 2.75) is 13.5 Å². The molecule has 0 bridgehead atoms. The molecule has 0 amide bonds. The summed E-state index contributed by atoms with van der Waals surface area (Å²) < 4.78 is 1.79. The van der Waals surface area contributed by atoms with Gasteiger partial charge in [-0.2, -0.15) is 4.68 Å². The van der Waals surface area contributed by atoms with Crippen molar-refractivity contribution in [1.29, 1.82) is 0 Å². The van der Waals surface area contributed by atoms with E-state index in [0.717, 1.165) is 17.1 Å². The lowest BCUT2D eigenvalue weighted by Crippen LogP contribution is -2.15. The second kappa shape index (κ2) is 6.07. The fourth-order valence-corrected chi connectivity index (χ4v) is 2.35. The summed E-state index contributed by atoms with van der Waals surface area (Å²) in [5, 5.41) is 12.0. The number of aromatic nitrogens is 4. The van der Waals surface area contributed by atoms with Crippen LogP contribution in [0.5, 0.6) is 0 Å². The Labute approximate surface area is 130 Å². The molecule has 2 aromatic carbocycles. The number of benzene rings is 2. The zero-order chi connectivity index (χ0) is 15.5. The quantitative estimate of drug-likeness (QED) is 0.742. The summed E-state index contributed by atoms with van der Waals surface area (Å²) in [7, 11) is 4.00. The van der Waals surface area contributed by atoms with Gasteiger partial charge in [-0.1, -0.05) is 42.0 Å². The first-order chi connectivity index (χ1) is 10.6. The van der Waals surface area contributed by atoms with Gasteiger partial charge >= 0.3 is 0 Å². The lowest BCUT2D eigenvalue weighted by Gasteiger charge is -2.10. The van der Waals surface area contributed by atoms with Crippen LogP contribution in [-0.2, 0) is 6.54 Å².